The molecule has 1 N–H and O–H groups in total. The topological polar surface area (TPSA) is 72.5 Å². The summed E-state index contributed by atoms with van der Waals surface area (Å²) in [6, 6.07) is 6.12. The lowest BCUT2D eigenvalue weighted by molar-refractivity contribution is -0.116. The normalized spacial score (nSPS) is 14.8. The van der Waals surface area contributed by atoms with Crippen molar-refractivity contribution in [1.82, 2.24) is 0 Å². The van der Waals surface area contributed by atoms with E-state index in [1.807, 2.05) is 6.07 Å². The zero-order valence-electron chi connectivity index (χ0n) is 11.5. The molecule has 2 rings (SSSR count). The molecule has 1 aliphatic heterocycles. The zero-order valence-corrected chi connectivity index (χ0v) is 12.3. The summed E-state index contributed by atoms with van der Waals surface area (Å²) in [6.45, 7) is 0.223. The SMILES string of the molecule is CS(=O)(=O)OCCCCc1ccc2c(c1)NC(=O)CC2. The van der Waals surface area contributed by atoms with Gasteiger partial charge in [-0.25, -0.2) is 0 Å². The minimum absolute atomic E-state index is 0.0659. The maximum atomic E-state index is 11.3. The molecule has 0 saturated heterocycles. The fourth-order valence-corrected chi connectivity index (χ4v) is 2.64. The second-order valence-electron chi connectivity index (χ2n) is 5.02. The molecule has 0 bridgehead atoms. The van der Waals surface area contributed by atoms with Crippen LogP contribution in [0.15, 0.2) is 18.2 Å². The van der Waals surface area contributed by atoms with Crippen molar-refractivity contribution in [3.05, 3.63) is 29.3 Å². The van der Waals surface area contributed by atoms with E-state index >= 15 is 0 Å². The van der Waals surface area contributed by atoms with Crippen LogP contribution in [0.25, 0.3) is 0 Å². The van der Waals surface area contributed by atoms with Crippen LogP contribution < -0.4 is 5.32 Å². The van der Waals surface area contributed by atoms with Crippen LogP contribution in [-0.4, -0.2) is 27.2 Å². The number of rotatable bonds is 6. The quantitative estimate of drug-likeness (QED) is 0.642. The Labute approximate surface area is 119 Å². The molecule has 1 amide bonds. The van der Waals surface area contributed by atoms with Crippen molar-refractivity contribution in [1.29, 1.82) is 0 Å². The number of carbonyl (C=O) groups is 1. The molecule has 110 valence electrons. The van der Waals surface area contributed by atoms with Gasteiger partial charge in [-0.2, -0.15) is 8.42 Å². The maximum Gasteiger partial charge on any atom is 0.264 e. The summed E-state index contributed by atoms with van der Waals surface area (Å²) in [5.74, 6) is 0.0659. The van der Waals surface area contributed by atoms with Gasteiger partial charge < -0.3 is 5.32 Å². The third-order valence-corrected chi connectivity index (χ3v) is 3.82. The molecule has 0 radical (unpaired) electrons. The molecule has 0 spiro atoms. The van der Waals surface area contributed by atoms with Crippen LogP contribution in [-0.2, 0) is 31.9 Å². The Morgan fingerprint density at radius 1 is 1.25 bits per heavy atom. The van der Waals surface area contributed by atoms with Crippen LogP contribution in [0.4, 0.5) is 5.69 Å². The van der Waals surface area contributed by atoms with Crippen molar-refractivity contribution in [3.8, 4) is 0 Å². The zero-order chi connectivity index (χ0) is 14.6. The predicted octanol–water partition coefficient (Wildman–Crippen LogP) is 1.87. The molecule has 0 fully saturated rings. The van der Waals surface area contributed by atoms with Gasteiger partial charge in [0.25, 0.3) is 10.1 Å². The average Bonchev–Trinajstić information content (AvgIpc) is 2.36. The lowest BCUT2D eigenvalue weighted by Crippen LogP contribution is -2.19. The van der Waals surface area contributed by atoms with Crippen LogP contribution in [0.3, 0.4) is 0 Å². The van der Waals surface area contributed by atoms with E-state index in [0.717, 1.165) is 36.8 Å². The fourth-order valence-electron chi connectivity index (χ4n) is 2.22. The largest absolute Gasteiger partial charge is 0.326 e. The van der Waals surface area contributed by atoms with Crippen LogP contribution in [0.5, 0.6) is 0 Å². The highest BCUT2D eigenvalue weighted by molar-refractivity contribution is 7.85. The summed E-state index contributed by atoms with van der Waals surface area (Å²) in [7, 11) is -3.33. The molecule has 6 heteroatoms. The lowest BCUT2D eigenvalue weighted by atomic mass is 9.99. The molecule has 0 aromatic heterocycles. The number of amides is 1. The lowest BCUT2D eigenvalue weighted by Gasteiger charge is -2.17. The Balaban J connectivity index is 1.82. The molecule has 0 atom stereocenters. The summed E-state index contributed by atoms with van der Waals surface area (Å²) in [5, 5.41) is 2.88. The maximum absolute atomic E-state index is 11.3. The first kappa shape index (κ1) is 15.0. The molecule has 1 aliphatic rings. The first-order valence-electron chi connectivity index (χ1n) is 6.70. The van der Waals surface area contributed by atoms with Gasteiger partial charge in [0.05, 0.1) is 12.9 Å². The van der Waals surface area contributed by atoms with Crippen molar-refractivity contribution in [2.24, 2.45) is 0 Å². The van der Waals surface area contributed by atoms with Crippen molar-refractivity contribution in [2.75, 3.05) is 18.2 Å². The van der Waals surface area contributed by atoms with E-state index in [1.54, 1.807) is 0 Å². The number of unbranched alkanes of at least 4 members (excludes halogenated alkanes) is 1. The molecule has 0 unspecified atom stereocenters. The molecule has 0 aliphatic carbocycles. The van der Waals surface area contributed by atoms with Crippen LogP contribution in [0, 0.1) is 0 Å². The van der Waals surface area contributed by atoms with Gasteiger partial charge >= 0.3 is 0 Å². The number of aryl methyl sites for hydroxylation is 2. The fraction of sp³-hybridized carbons (Fsp3) is 0.500. The minimum atomic E-state index is -3.33. The van der Waals surface area contributed by atoms with Crippen molar-refractivity contribution in [2.45, 2.75) is 32.1 Å². The molecule has 5 nitrogen and oxygen atoms in total. The summed E-state index contributed by atoms with van der Waals surface area (Å²) < 4.78 is 26.3. The molecule has 1 aromatic carbocycles. The second kappa shape index (κ2) is 6.37. The Kier molecular flexibility index (Phi) is 4.77. The van der Waals surface area contributed by atoms with Crippen molar-refractivity contribution in [3.63, 3.8) is 0 Å². The van der Waals surface area contributed by atoms with E-state index in [2.05, 4.69) is 21.6 Å². The van der Waals surface area contributed by atoms with E-state index in [-0.39, 0.29) is 12.5 Å². The molecule has 1 heterocycles. The van der Waals surface area contributed by atoms with Crippen LogP contribution in [0.1, 0.15) is 30.4 Å². The van der Waals surface area contributed by atoms with E-state index < -0.39 is 10.1 Å². The van der Waals surface area contributed by atoms with Crippen molar-refractivity contribution < 1.29 is 17.4 Å². The Morgan fingerprint density at radius 2 is 2.05 bits per heavy atom. The number of nitrogens with one attached hydrogen (secondary N) is 1. The number of hydrogen-bond donors (Lipinski definition) is 1. The molecule has 20 heavy (non-hydrogen) atoms. The molecular weight excluding hydrogens is 278 g/mol. The third kappa shape index (κ3) is 4.61. The van der Waals surface area contributed by atoms with E-state index in [0.29, 0.717) is 12.8 Å². The Hall–Kier alpha value is -1.40. The van der Waals surface area contributed by atoms with Gasteiger partial charge in [-0.3, -0.25) is 8.98 Å². The van der Waals surface area contributed by atoms with E-state index in [1.165, 1.54) is 5.56 Å². The van der Waals surface area contributed by atoms with Crippen LogP contribution in [0.2, 0.25) is 0 Å². The monoisotopic (exact) mass is 297 g/mol. The van der Waals surface area contributed by atoms with Gasteiger partial charge in [0.15, 0.2) is 0 Å². The Bertz CT molecular complexity index is 595. The standard InChI is InChI=1S/C14H19NO4S/c1-20(17,18)19-9-3-2-4-11-5-6-12-7-8-14(16)15-13(12)10-11/h5-6,10H,2-4,7-9H2,1H3,(H,15,16). The highest BCUT2D eigenvalue weighted by atomic mass is 32.2. The number of fused-ring (bicyclic) bond motifs is 1. The smallest absolute Gasteiger partial charge is 0.264 e. The predicted molar refractivity (Wildman–Crippen MR) is 77.1 cm³/mol. The highest BCUT2D eigenvalue weighted by Crippen LogP contribution is 2.24. The second-order valence-corrected chi connectivity index (χ2v) is 6.67. The molecule has 1 aromatic rings. The summed E-state index contributed by atoms with van der Waals surface area (Å²) in [6.07, 6.45) is 4.78. The van der Waals surface area contributed by atoms with Gasteiger partial charge in [0.2, 0.25) is 5.91 Å². The van der Waals surface area contributed by atoms with E-state index in [4.69, 9.17) is 0 Å². The molecule has 0 saturated carbocycles. The average molecular weight is 297 g/mol. The van der Waals surface area contributed by atoms with Gasteiger partial charge in [0, 0.05) is 12.1 Å². The first-order valence-corrected chi connectivity index (χ1v) is 8.52. The highest BCUT2D eigenvalue weighted by Gasteiger charge is 2.14. The van der Waals surface area contributed by atoms with Gasteiger partial charge in [-0.05, 0) is 42.9 Å². The summed E-state index contributed by atoms with van der Waals surface area (Å²) in [5.41, 5.74) is 3.23. The number of hydrogen-bond acceptors (Lipinski definition) is 4. The van der Waals surface area contributed by atoms with E-state index in [9.17, 15) is 13.2 Å². The first-order chi connectivity index (χ1) is 9.44. The Morgan fingerprint density at radius 3 is 2.80 bits per heavy atom. The number of benzene rings is 1. The van der Waals surface area contributed by atoms with Gasteiger partial charge in [-0.15, -0.1) is 0 Å². The number of carbonyl (C=O) groups excluding carboxylic acids is 1. The van der Waals surface area contributed by atoms with Crippen LogP contribution >= 0.6 is 0 Å². The third-order valence-electron chi connectivity index (χ3n) is 3.23. The summed E-state index contributed by atoms with van der Waals surface area (Å²) >= 11 is 0. The minimum Gasteiger partial charge on any atom is -0.326 e. The number of anilines is 1. The van der Waals surface area contributed by atoms with Gasteiger partial charge in [0.1, 0.15) is 0 Å². The van der Waals surface area contributed by atoms with Gasteiger partial charge in [-0.1, -0.05) is 12.1 Å². The summed E-state index contributed by atoms with van der Waals surface area (Å²) in [4.78, 5) is 11.3. The molecular formula is C14H19NO4S. The van der Waals surface area contributed by atoms with Crippen molar-refractivity contribution >= 4 is 21.7 Å².